The van der Waals surface area contributed by atoms with Crippen LogP contribution in [-0.2, 0) is 5.41 Å². The maximum absolute atomic E-state index is 14.0. The van der Waals surface area contributed by atoms with E-state index in [1.807, 2.05) is 0 Å². The summed E-state index contributed by atoms with van der Waals surface area (Å²) in [6.07, 6.45) is -6.25. The Labute approximate surface area is 167 Å². The molecular weight excluding hydrogens is 439 g/mol. The number of rotatable bonds is 2. The van der Waals surface area contributed by atoms with Gasteiger partial charge in [0.25, 0.3) is 12.4 Å². The third-order valence-electron chi connectivity index (χ3n) is 4.84. The smallest absolute Gasteiger partial charge is 0.306 e. The molecule has 4 rings (SSSR count). The molecular formula is C16H10F7N7O. The summed E-state index contributed by atoms with van der Waals surface area (Å²) in [6.45, 7) is -0.249. The molecule has 1 atom stereocenters. The van der Waals surface area contributed by atoms with Gasteiger partial charge in [0.2, 0.25) is 5.82 Å². The van der Waals surface area contributed by atoms with E-state index >= 15 is 0 Å². The highest BCUT2D eigenvalue weighted by Gasteiger charge is 2.60. The van der Waals surface area contributed by atoms with E-state index in [2.05, 4.69) is 25.6 Å². The highest BCUT2D eigenvalue weighted by atomic mass is 19.4. The molecule has 0 spiro atoms. The molecule has 3 aromatic heterocycles. The Morgan fingerprint density at radius 1 is 1.26 bits per heavy atom. The van der Waals surface area contributed by atoms with Gasteiger partial charge in [-0.2, -0.15) is 27.1 Å². The van der Waals surface area contributed by atoms with Crippen molar-refractivity contribution in [3.05, 3.63) is 41.6 Å². The van der Waals surface area contributed by atoms with E-state index in [1.54, 1.807) is 0 Å². The minimum absolute atomic E-state index is 0.248. The molecule has 0 aliphatic carbocycles. The number of nitrogens with zero attached hydrogens (tertiary/aromatic N) is 6. The van der Waals surface area contributed by atoms with Crippen LogP contribution < -0.4 is 10.2 Å². The first-order valence-electron chi connectivity index (χ1n) is 8.43. The number of hydrogen-bond acceptors (Lipinski definition) is 5. The molecule has 31 heavy (non-hydrogen) atoms. The fourth-order valence-electron chi connectivity index (χ4n) is 3.27. The first kappa shape index (κ1) is 20.7. The van der Waals surface area contributed by atoms with E-state index < -0.39 is 65.1 Å². The first-order chi connectivity index (χ1) is 14.4. The average molecular weight is 449 g/mol. The SMILES string of the molecule is C[C@]1(C(F)(F)F)CN(C(=O)Nc2cnnc(C(F)F)c2)c2cnc3c(F)c(F)nn3c21. The molecule has 0 aromatic carbocycles. The Hall–Kier alpha value is -3.52. The summed E-state index contributed by atoms with van der Waals surface area (Å²) in [5.74, 6) is -3.20. The summed E-state index contributed by atoms with van der Waals surface area (Å²) in [5, 5.41) is 11.8. The van der Waals surface area contributed by atoms with Gasteiger partial charge < -0.3 is 5.32 Å². The first-order valence-corrected chi connectivity index (χ1v) is 8.43. The third-order valence-corrected chi connectivity index (χ3v) is 4.84. The zero-order valence-electron chi connectivity index (χ0n) is 15.3. The van der Waals surface area contributed by atoms with E-state index in [0.29, 0.717) is 9.42 Å². The molecule has 1 aliphatic rings. The highest BCUT2D eigenvalue weighted by molar-refractivity contribution is 6.03. The topological polar surface area (TPSA) is 88.3 Å². The van der Waals surface area contributed by atoms with Gasteiger partial charge in [0.05, 0.1) is 29.5 Å². The highest BCUT2D eigenvalue weighted by Crippen LogP contribution is 2.50. The number of alkyl halides is 5. The van der Waals surface area contributed by atoms with Crippen molar-refractivity contribution in [1.82, 2.24) is 24.8 Å². The molecule has 0 saturated heterocycles. The van der Waals surface area contributed by atoms with Crippen LogP contribution in [0.5, 0.6) is 0 Å². The van der Waals surface area contributed by atoms with Gasteiger partial charge >= 0.3 is 12.2 Å². The van der Waals surface area contributed by atoms with Crippen molar-refractivity contribution in [1.29, 1.82) is 0 Å². The van der Waals surface area contributed by atoms with Crippen LogP contribution in [0.25, 0.3) is 5.65 Å². The average Bonchev–Trinajstić information content (AvgIpc) is 3.17. The Balaban J connectivity index is 1.80. The van der Waals surface area contributed by atoms with Gasteiger partial charge in [0.1, 0.15) is 11.1 Å². The van der Waals surface area contributed by atoms with E-state index in [9.17, 15) is 35.5 Å². The van der Waals surface area contributed by atoms with Crippen molar-refractivity contribution in [2.75, 3.05) is 16.8 Å². The lowest BCUT2D eigenvalue weighted by atomic mass is 9.87. The van der Waals surface area contributed by atoms with Gasteiger partial charge in [-0.05, 0) is 13.0 Å². The maximum Gasteiger partial charge on any atom is 0.401 e. The Morgan fingerprint density at radius 3 is 2.61 bits per heavy atom. The predicted molar refractivity (Wildman–Crippen MR) is 89.7 cm³/mol. The molecule has 164 valence electrons. The van der Waals surface area contributed by atoms with Crippen LogP contribution in [0.4, 0.5) is 46.9 Å². The molecule has 1 N–H and O–H groups in total. The number of urea groups is 1. The van der Waals surface area contributed by atoms with Crippen LogP contribution in [0.2, 0.25) is 0 Å². The number of fused-ring (bicyclic) bond motifs is 3. The van der Waals surface area contributed by atoms with Gasteiger partial charge in [-0.25, -0.2) is 23.1 Å². The number of carbonyl (C=O) groups is 1. The predicted octanol–water partition coefficient (Wildman–Crippen LogP) is 3.61. The Bertz CT molecular complexity index is 1200. The zero-order chi connectivity index (χ0) is 22.7. The van der Waals surface area contributed by atoms with Crippen molar-refractivity contribution in [2.24, 2.45) is 0 Å². The number of carbonyl (C=O) groups excluding carboxylic acids is 1. The summed E-state index contributed by atoms with van der Waals surface area (Å²) in [4.78, 5) is 16.9. The minimum Gasteiger partial charge on any atom is -0.306 e. The molecule has 0 saturated carbocycles. The number of aromatic nitrogens is 5. The van der Waals surface area contributed by atoms with Gasteiger partial charge in [0, 0.05) is 6.54 Å². The summed E-state index contributed by atoms with van der Waals surface area (Å²) in [5.41, 5.74) is -5.68. The lowest BCUT2D eigenvalue weighted by Crippen LogP contribution is -2.46. The van der Waals surface area contributed by atoms with Crippen molar-refractivity contribution < 1.29 is 35.5 Å². The van der Waals surface area contributed by atoms with Crippen molar-refractivity contribution in [3.63, 3.8) is 0 Å². The summed E-state index contributed by atoms with van der Waals surface area (Å²) < 4.78 is 95.2. The van der Waals surface area contributed by atoms with Crippen LogP contribution in [0.3, 0.4) is 0 Å². The number of anilines is 2. The number of amides is 2. The quantitative estimate of drug-likeness (QED) is 0.604. The van der Waals surface area contributed by atoms with Crippen LogP contribution in [-0.4, -0.2) is 43.5 Å². The number of halogens is 7. The Kier molecular flexibility index (Phi) is 4.51. The molecule has 8 nitrogen and oxygen atoms in total. The van der Waals surface area contributed by atoms with E-state index in [-0.39, 0.29) is 5.69 Å². The van der Waals surface area contributed by atoms with Crippen molar-refractivity contribution in [3.8, 4) is 0 Å². The molecule has 0 fully saturated rings. The molecule has 0 unspecified atom stereocenters. The van der Waals surface area contributed by atoms with Crippen molar-refractivity contribution in [2.45, 2.75) is 24.9 Å². The minimum atomic E-state index is -4.95. The van der Waals surface area contributed by atoms with Gasteiger partial charge in [-0.1, -0.05) is 0 Å². The van der Waals surface area contributed by atoms with Crippen LogP contribution in [0.1, 0.15) is 24.7 Å². The monoisotopic (exact) mass is 449 g/mol. The molecule has 2 amide bonds. The van der Waals surface area contributed by atoms with Crippen LogP contribution in [0, 0.1) is 11.8 Å². The fraction of sp³-hybridized carbons (Fsp3) is 0.312. The second-order valence-corrected chi connectivity index (χ2v) is 6.85. The normalized spacial score (nSPS) is 18.7. The van der Waals surface area contributed by atoms with Gasteiger partial charge in [-0.15, -0.1) is 10.2 Å². The van der Waals surface area contributed by atoms with Gasteiger partial charge in [0.15, 0.2) is 5.65 Å². The number of hydrogen-bond donors (Lipinski definition) is 1. The fourth-order valence-corrected chi connectivity index (χ4v) is 3.27. The van der Waals surface area contributed by atoms with Crippen molar-refractivity contribution >= 4 is 23.1 Å². The second kappa shape index (κ2) is 6.75. The summed E-state index contributed by atoms with van der Waals surface area (Å²) >= 11 is 0. The Morgan fingerprint density at radius 2 is 1.97 bits per heavy atom. The largest absolute Gasteiger partial charge is 0.401 e. The summed E-state index contributed by atoms with van der Waals surface area (Å²) in [7, 11) is 0. The number of nitrogens with one attached hydrogen (secondary N) is 1. The maximum atomic E-state index is 14.0. The molecule has 1 aliphatic heterocycles. The standard InChI is InChI=1S/C16H10F7N7O/c1-15(16(21,22)23)5-29(14(31)26-6-2-7(11(18)19)27-25-3-6)8-4-24-13-9(17)12(20)28-30(13)10(8)15/h2-4,11H,5H2,1H3,(H,26,27,31)/t15-/m0/s1. The lowest BCUT2D eigenvalue weighted by Gasteiger charge is -2.28. The van der Waals surface area contributed by atoms with E-state index in [4.69, 9.17) is 0 Å². The molecule has 0 bridgehead atoms. The van der Waals surface area contributed by atoms with Crippen LogP contribution >= 0.6 is 0 Å². The third kappa shape index (κ3) is 3.11. The van der Waals surface area contributed by atoms with Gasteiger partial charge in [-0.3, -0.25) is 4.90 Å². The van der Waals surface area contributed by atoms with E-state index in [1.165, 1.54) is 0 Å². The molecule has 0 radical (unpaired) electrons. The molecule has 15 heteroatoms. The second-order valence-electron chi connectivity index (χ2n) is 6.85. The summed E-state index contributed by atoms with van der Waals surface area (Å²) in [6, 6.07) is -0.341. The molecule has 3 aromatic rings. The molecule has 4 heterocycles. The van der Waals surface area contributed by atoms with Crippen LogP contribution in [0.15, 0.2) is 18.5 Å². The lowest BCUT2D eigenvalue weighted by molar-refractivity contribution is -0.181. The zero-order valence-corrected chi connectivity index (χ0v) is 15.3. The van der Waals surface area contributed by atoms with E-state index in [0.717, 1.165) is 25.4 Å².